The van der Waals surface area contributed by atoms with Gasteiger partial charge in [0.2, 0.25) is 5.91 Å². The second-order valence-electron chi connectivity index (χ2n) is 6.49. The summed E-state index contributed by atoms with van der Waals surface area (Å²) in [7, 11) is -3.32. The number of nitrogens with zero attached hydrogens (tertiary/aromatic N) is 3. The number of hydrogen-bond acceptors (Lipinski definition) is 6. The van der Waals surface area contributed by atoms with Crippen molar-refractivity contribution >= 4 is 15.7 Å². The number of carbonyl (C=O) groups is 1. The average molecular weight is 356 g/mol. The quantitative estimate of drug-likeness (QED) is 0.806. The van der Waals surface area contributed by atoms with Gasteiger partial charge in [0.25, 0.3) is 0 Å². The molecule has 3 rings (SSSR count). The zero-order valence-electron chi connectivity index (χ0n) is 13.9. The number of aromatic amines is 1. The standard InChI is InChI=1S/C15H24N4O4S/c1-24(21,22)13-9-16-17-15(13)12-3-2-4-19(10-12)14(20)11-18-5-7-23-8-6-18/h9,12H,2-8,10-11H2,1H3,(H,16,17)/t12-/m0/s1. The summed E-state index contributed by atoms with van der Waals surface area (Å²) in [6, 6.07) is 0. The van der Waals surface area contributed by atoms with E-state index in [-0.39, 0.29) is 16.7 Å². The molecule has 0 aliphatic carbocycles. The predicted octanol–water partition coefficient (Wildman–Crippen LogP) is -0.149. The van der Waals surface area contributed by atoms with Gasteiger partial charge in [-0.25, -0.2) is 8.42 Å². The van der Waals surface area contributed by atoms with E-state index < -0.39 is 9.84 Å². The zero-order chi connectivity index (χ0) is 17.2. The number of morpholine rings is 1. The Morgan fingerprint density at radius 1 is 1.38 bits per heavy atom. The van der Waals surface area contributed by atoms with Crippen LogP contribution < -0.4 is 0 Å². The number of carbonyl (C=O) groups excluding carboxylic acids is 1. The summed E-state index contributed by atoms with van der Waals surface area (Å²) in [5.74, 6) is 0.0848. The summed E-state index contributed by atoms with van der Waals surface area (Å²) in [5.41, 5.74) is 0.626. The van der Waals surface area contributed by atoms with E-state index in [4.69, 9.17) is 4.74 Å². The molecule has 1 amide bonds. The maximum Gasteiger partial charge on any atom is 0.236 e. The molecular weight excluding hydrogens is 332 g/mol. The molecule has 1 aromatic rings. The lowest BCUT2D eigenvalue weighted by atomic mass is 9.95. The van der Waals surface area contributed by atoms with Crippen molar-refractivity contribution < 1.29 is 17.9 Å². The molecule has 1 aromatic heterocycles. The number of nitrogens with one attached hydrogen (secondary N) is 1. The van der Waals surface area contributed by atoms with Crippen molar-refractivity contribution in [3.05, 3.63) is 11.9 Å². The predicted molar refractivity (Wildman–Crippen MR) is 87.5 cm³/mol. The van der Waals surface area contributed by atoms with Crippen LogP contribution in [0.25, 0.3) is 0 Å². The maximum atomic E-state index is 12.6. The Balaban J connectivity index is 1.66. The van der Waals surface area contributed by atoms with Crippen molar-refractivity contribution in [2.45, 2.75) is 23.7 Å². The van der Waals surface area contributed by atoms with Gasteiger partial charge in [0.15, 0.2) is 9.84 Å². The molecule has 2 saturated heterocycles. The van der Waals surface area contributed by atoms with Gasteiger partial charge < -0.3 is 9.64 Å². The van der Waals surface area contributed by atoms with Crippen molar-refractivity contribution in [2.75, 3.05) is 52.2 Å². The molecule has 2 aliphatic rings. The molecule has 134 valence electrons. The Morgan fingerprint density at radius 2 is 2.12 bits per heavy atom. The summed E-state index contributed by atoms with van der Waals surface area (Å²) in [4.78, 5) is 16.8. The smallest absolute Gasteiger partial charge is 0.236 e. The first-order valence-electron chi connectivity index (χ1n) is 8.26. The number of hydrogen-bond donors (Lipinski definition) is 1. The van der Waals surface area contributed by atoms with Crippen LogP contribution in [0, 0.1) is 0 Å². The Hall–Kier alpha value is -1.45. The van der Waals surface area contributed by atoms with Crippen LogP contribution in [0.2, 0.25) is 0 Å². The molecular formula is C15H24N4O4S. The van der Waals surface area contributed by atoms with Crippen LogP contribution in [0.5, 0.6) is 0 Å². The monoisotopic (exact) mass is 356 g/mol. The average Bonchev–Trinajstić information content (AvgIpc) is 3.06. The highest BCUT2D eigenvalue weighted by atomic mass is 32.2. The van der Waals surface area contributed by atoms with E-state index in [1.807, 2.05) is 4.90 Å². The van der Waals surface area contributed by atoms with Gasteiger partial charge >= 0.3 is 0 Å². The third kappa shape index (κ3) is 3.96. The molecule has 0 unspecified atom stereocenters. The summed E-state index contributed by atoms with van der Waals surface area (Å²) >= 11 is 0. The van der Waals surface area contributed by atoms with Gasteiger partial charge in [-0.2, -0.15) is 5.10 Å². The molecule has 0 aromatic carbocycles. The maximum absolute atomic E-state index is 12.6. The highest BCUT2D eigenvalue weighted by Gasteiger charge is 2.30. The van der Waals surface area contributed by atoms with Crippen molar-refractivity contribution in [3.63, 3.8) is 0 Å². The molecule has 2 aliphatic heterocycles. The number of rotatable bonds is 4. The van der Waals surface area contributed by atoms with E-state index in [9.17, 15) is 13.2 Å². The fourth-order valence-electron chi connectivity index (χ4n) is 3.36. The second-order valence-corrected chi connectivity index (χ2v) is 8.47. The number of ether oxygens (including phenoxy) is 1. The Morgan fingerprint density at radius 3 is 2.83 bits per heavy atom. The number of aromatic nitrogens is 2. The van der Waals surface area contributed by atoms with Gasteiger partial charge in [-0.05, 0) is 12.8 Å². The van der Waals surface area contributed by atoms with E-state index in [1.54, 1.807) is 0 Å². The molecule has 0 radical (unpaired) electrons. The van der Waals surface area contributed by atoms with E-state index in [0.29, 0.717) is 32.0 Å². The number of sulfone groups is 1. The van der Waals surface area contributed by atoms with Gasteiger partial charge in [0.1, 0.15) is 4.90 Å². The molecule has 3 heterocycles. The molecule has 1 N–H and O–H groups in total. The van der Waals surface area contributed by atoms with Gasteiger partial charge in [-0.15, -0.1) is 0 Å². The first kappa shape index (κ1) is 17.4. The van der Waals surface area contributed by atoms with Gasteiger partial charge in [0.05, 0.1) is 31.6 Å². The molecule has 9 heteroatoms. The van der Waals surface area contributed by atoms with Crippen LogP contribution in [0.15, 0.2) is 11.1 Å². The van der Waals surface area contributed by atoms with Crippen LogP contribution in [-0.4, -0.2) is 86.5 Å². The summed E-state index contributed by atoms with van der Waals surface area (Å²) in [6.45, 7) is 4.56. The minimum Gasteiger partial charge on any atom is -0.379 e. The molecule has 8 nitrogen and oxygen atoms in total. The van der Waals surface area contributed by atoms with Gasteiger partial charge in [-0.1, -0.05) is 0 Å². The van der Waals surface area contributed by atoms with Gasteiger partial charge in [0, 0.05) is 38.4 Å². The molecule has 0 bridgehead atoms. The van der Waals surface area contributed by atoms with Crippen LogP contribution in [0.3, 0.4) is 0 Å². The summed E-state index contributed by atoms with van der Waals surface area (Å²) in [6.07, 6.45) is 4.26. The van der Waals surface area contributed by atoms with Gasteiger partial charge in [-0.3, -0.25) is 14.8 Å². The van der Waals surface area contributed by atoms with Crippen molar-refractivity contribution in [2.24, 2.45) is 0 Å². The van der Waals surface area contributed by atoms with Crippen LogP contribution in [0.4, 0.5) is 0 Å². The molecule has 2 fully saturated rings. The number of H-pyrrole nitrogens is 1. The first-order valence-corrected chi connectivity index (χ1v) is 10.2. The van der Waals surface area contributed by atoms with Crippen molar-refractivity contribution in [1.29, 1.82) is 0 Å². The van der Waals surface area contributed by atoms with Crippen LogP contribution in [0.1, 0.15) is 24.5 Å². The summed E-state index contributed by atoms with van der Waals surface area (Å²) in [5, 5.41) is 6.73. The SMILES string of the molecule is CS(=O)(=O)c1cn[nH]c1[C@H]1CCCN(C(=O)CN2CCOCC2)C1. The molecule has 1 atom stereocenters. The third-order valence-corrected chi connectivity index (χ3v) is 5.80. The second kappa shape index (κ2) is 7.20. The van der Waals surface area contributed by atoms with Crippen molar-refractivity contribution in [1.82, 2.24) is 20.0 Å². The minimum absolute atomic E-state index is 0.0142. The lowest BCUT2D eigenvalue weighted by Gasteiger charge is -2.35. The summed E-state index contributed by atoms with van der Waals surface area (Å²) < 4.78 is 29.1. The Labute approximate surface area is 142 Å². The van der Waals surface area contributed by atoms with E-state index in [2.05, 4.69) is 15.1 Å². The van der Waals surface area contributed by atoms with Crippen molar-refractivity contribution in [3.8, 4) is 0 Å². The topological polar surface area (TPSA) is 95.6 Å². The first-order chi connectivity index (χ1) is 11.4. The number of likely N-dealkylation sites (tertiary alicyclic amines) is 1. The molecule has 24 heavy (non-hydrogen) atoms. The normalized spacial score (nSPS) is 23.4. The zero-order valence-corrected chi connectivity index (χ0v) is 14.7. The number of piperidine rings is 1. The number of amides is 1. The Kier molecular flexibility index (Phi) is 5.21. The minimum atomic E-state index is -3.32. The third-order valence-electron chi connectivity index (χ3n) is 4.68. The molecule has 0 spiro atoms. The highest BCUT2D eigenvalue weighted by Crippen LogP contribution is 2.29. The van der Waals surface area contributed by atoms with E-state index in [1.165, 1.54) is 12.5 Å². The van der Waals surface area contributed by atoms with Crippen LogP contribution >= 0.6 is 0 Å². The largest absolute Gasteiger partial charge is 0.379 e. The van der Waals surface area contributed by atoms with E-state index >= 15 is 0 Å². The van der Waals surface area contributed by atoms with Crippen LogP contribution in [-0.2, 0) is 19.4 Å². The Bertz CT molecular complexity index is 681. The lowest BCUT2D eigenvalue weighted by molar-refractivity contribution is -0.134. The highest BCUT2D eigenvalue weighted by molar-refractivity contribution is 7.90. The fourth-order valence-corrected chi connectivity index (χ4v) is 4.22. The lowest BCUT2D eigenvalue weighted by Crippen LogP contribution is -2.47. The molecule has 0 saturated carbocycles. The van der Waals surface area contributed by atoms with E-state index in [0.717, 1.165) is 32.5 Å². The fraction of sp³-hybridized carbons (Fsp3) is 0.733.